The van der Waals surface area contributed by atoms with E-state index in [2.05, 4.69) is 9.71 Å². The van der Waals surface area contributed by atoms with Crippen LogP contribution < -0.4 is 4.72 Å². The highest BCUT2D eigenvalue weighted by molar-refractivity contribution is 7.92. The van der Waals surface area contributed by atoms with E-state index in [0.717, 1.165) is 17.6 Å². The van der Waals surface area contributed by atoms with Crippen molar-refractivity contribution < 1.29 is 23.1 Å². The average Bonchev–Trinajstić information content (AvgIpc) is 2.95. The lowest BCUT2D eigenvalue weighted by molar-refractivity contribution is -0.148. The number of hydrogen-bond acceptors (Lipinski definition) is 6. The molecule has 0 aromatic carbocycles. The summed E-state index contributed by atoms with van der Waals surface area (Å²) >= 11 is 1.08. The van der Waals surface area contributed by atoms with Crippen molar-refractivity contribution in [1.82, 2.24) is 9.88 Å². The van der Waals surface area contributed by atoms with Crippen molar-refractivity contribution in [2.45, 2.75) is 25.3 Å². The Morgan fingerprint density at radius 2 is 2.29 bits per heavy atom. The van der Waals surface area contributed by atoms with Gasteiger partial charge < -0.3 is 10.0 Å². The summed E-state index contributed by atoms with van der Waals surface area (Å²) in [6.07, 6.45) is 2.10. The molecular weight excluding hydrogens is 318 g/mol. The molecule has 1 saturated heterocycles. The highest BCUT2D eigenvalue weighted by atomic mass is 32.2. The first kappa shape index (κ1) is 15.7. The number of rotatable bonds is 5. The lowest BCUT2D eigenvalue weighted by Gasteiger charge is -2.20. The Kier molecular flexibility index (Phi) is 4.47. The summed E-state index contributed by atoms with van der Waals surface area (Å²) in [4.78, 5) is 28.5. The van der Waals surface area contributed by atoms with Crippen LogP contribution >= 0.6 is 11.3 Å². The molecule has 2 heterocycles. The van der Waals surface area contributed by atoms with Crippen molar-refractivity contribution in [3.8, 4) is 0 Å². The number of nitrogens with one attached hydrogen (secondary N) is 1. The molecule has 116 valence electrons. The zero-order valence-electron chi connectivity index (χ0n) is 11.3. The summed E-state index contributed by atoms with van der Waals surface area (Å²) in [7, 11) is -3.40. The topological polar surface area (TPSA) is 117 Å². The third-order valence-electron chi connectivity index (χ3n) is 3.02. The Morgan fingerprint density at radius 1 is 1.57 bits per heavy atom. The molecular formula is C11H15N3O5S2. The van der Waals surface area contributed by atoms with Gasteiger partial charge in [0.05, 0.1) is 18.4 Å². The van der Waals surface area contributed by atoms with Gasteiger partial charge in [0.1, 0.15) is 6.04 Å². The average molecular weight is 333 g/mol. The van der Waals surface area contributed by atoms with Gasteiger partial charge in [0, 0.05) is 11.9 Å². The minimum atomic E-state index is -3.40. The van der Waals surface area contributed by atoms with Gasteiger partial charge >= 0.3 is 5.97 Å². The number of anilines is 1. The molecule has 1 amide bonds. The van der Waals surface area contributed by atoms with E-state index in [1.54, 1.807) is 5.38 Å². The van der Waals surface area contributed by atoms with Crippen LogP contribution in [-0.2, 0) is 26.0 Å². The predicted octanol–water partition coefficient (Wildman–Crippen LogP) is 0.133. The van der Waals surface area contributed by atoms with E-state index < -0.39 is 22.0 Å². The smallest absolute Gasteiger partial charge is 0.326 e. The minimum absolute atomic E-state index is 0.0360. The summed E-state index contributed by atoms with van der Waals surface area (Å²) < 4.78 is 24.4. The summed E-state index contributed by atoms with van der Waals surface area (Å²) in [5, 5.41) is 10.8. The summed E-state index contributed by atoms with van der Waals surface area (Å²) in [5.74, 6) is -1.31. The number of amides is 1. The molecule has 1 aromatic heterocycles. The standard InChI is InChI=1S/C11H15N3O5S2/c1-21(18,19)13-11-12-7(6-20-11)5-9(15)14-4-2-3-8(14)10(16)17/h6,8H,2-5H2,1H3,(H,12,13)(H,16,17)/t8-/m1/s1. The van der Waals surface area contributed by atoms with Crippen molar-refractivity contribution in [2.75, 3.05) is 17.5 Å². The highest BCUT2D eigenvalue weighted by Gasteiger charge is 2.33. The summed E-state index contributed by atoms with van der Waals surface area (Å²) in [6, 6.07) is -0.773. The molecule has 10 heteroatoms. The number of aromatic nitrogens is 1. The number of nitrogens with zero attached hydrogens (tertiary/aromatic N) is 2. The normalized spacial score (nSPS) is 18.7. The van der Waals surface area contributed by atoms with Crippen molar-refractivity contribution in [2.24, 2.45) is 0 Å². The Morgan fingerprint density at radius 3 is 2.90 bits per heavy atom. The molecule has 0 radical (unpaired) electrons. The first-order valence-corrected chi connectivity index (χ1v) is 8.98. The second-order valence-corrected chi connectivity index (χ2v) is 7.38. The largest absolute Gasteiger partial charge is 0.480 e. The van der Waals surface area contributed by atoms with Gasteiger partial charge in [-0.1, -0.05) is 0 Å². The van der Waals surface area contributed by atoms with Gasteiger partial charge in [-0.25, -0.2) is 18.2 Å². The Hall–Kier alpha value is -1.68. The third-order valence-corrected chi connectivity index (χ3v) is 4.51. The van der Waals surface area contributed by atoms with E-state index in [1.807, 2.05) is 0 Å². The zero-order chi connectivity index (χ0) is 15.6. The van der Waals surface area contributed by atoms with Crippen LogP contribution in [-0.4, -0.2) is 54.1 Å². The van der Waals surface area contributed by atoms with E-state index in [4.69, 9.17) is 5.11 Å². The fraction of sp³-hybridized carbons (Fsp3) is 0.545. The van der Waals surface area contributed by atoms with Crippen molar-refractivity contribution in [3.63, 3.8) is 0 Å². The number of aliphatic carboxylic acids is 1. The molecule has 1 fully saturated rings. The lowest BCUT2D eigenvalue weighted by Crippen LogP contribution is -2.41. The summed E-state index contributed by atoms with van der Waals surface area (Å²) in [6.45, 7) is 0.425. The molecule has 1 atom stereocenters. The molecule has 2 N–H and O–H groups in total. The third kappa shape index (κ3) is 4.14. The second-order valence-electron chi connectivity index (χ2n) is 4.78. The maximum Gasteiger partial charge on any atom is 0.326 e. The van der Waals surface area contributed by atoms with Crippen LogP contribution in [0.25, 0.3) is 0 Å². The van der Waals surface area contributed by atoms with Crippen LogP contribution in [0.4, 0.5) is 5.13 Å². The van der Waals surface area contributed by atoms with Gasteiger partial charge in [0.15, 0.2) is 5.13 Å². The van der Waals surface area contributed by atoms with Gasteiger partial charge in [0.25, 0.3) is 0 Å². The number of likely N-dealkylation sites (tertiary alicyclic amines) is 1. The maximum absolute atomic E-state index is 12.1. The zero-order valence-corrected chi connectivity index (χ0v) is 12.9. The predicted molar refractivity (Wildman–Crippen MR) is 76.7 cm³/mol. The SMILES string of the molecule is CS(=O)(=O)Nc1nc(CC(=O)N2CCC[C@@H]2C(=O)O)cs1. The number of carbonyl (C=O) groups is 2. The number of hydrogen-bond donors (Lipinski definition) is 2. The molecule has 0 unspecified atom stereocenters. The first-order chi connectivity index (χ1) is 9.76. The fourth-order valence-corrected chi connectivity index (χ4v) is 3.74. The number of carboxylic acids is 1. The molecule has 8 nitrogen and oxygen atoms in total. The maximum atomic E-state index is 12.1. The first-order valence-electron chi connectivity index (χ1n) is 6.21. The minimum Gasteiger partial charge on any atom is -0.480 e. The van der Waals surface area contributed by atoms with Crippen molar-refractivity contribution in [1.29, 1.82) is 0 Å². The van der Waals surface area contributed by atoms with Crippen LogP contribution in [0.5, 0.6) is 0 Å². The van der Waals surface area contributed by atoms with Crippen LogP contribution in [0.3, 0.4) is 0 Å². The number of carbonyl (C=O) groups excluding carboxylic acids is 1. The molecule has 0 spiro atoms. The van der Waals surface area contributed by atoms with Gasteiger partial charge in [-0.05, 0) is 12.8 Å². The van der Waals surface area contributed by atoms with Crippen LogP contribution in [0.2, 0.25) is 0 Å². The van der Waals surface area contributed by atoms with Gasteiger partial charge in [0.2, 0.25) is 15.9 Å². The fourth-order valence-electron chi connectivity index (χ4n) is 2.17. The van der Waals surface area contributed by atoms with Crippen LogP contribution in [0.15, 0.2) is 5.38 Å². The molecule has 1 aromatic rings. The molecule has 0 bridgehead atoms. The number of carboxylic acid groups (broad SMARTS) is 1. The lowest BCUT2D eigenvalue weighted by atomic mass is 10.2. The Labute approximate surface area is 125 Å². The molecule has 21 heavy (non-hydrogen) atoms. The van der Waals surface area contributed by atoms with E-state index in [0.29, 0.717) is 25.1 Å². The molecule has 1 aliphatic heterocycles. The second kappa shape index (κ2) is 5.98. The van der Waals surface area contributed by atoms with E-state index in [1.165, 1.54) is 4.90 Å². The van der Waals surface area contributed by atoms with Crippen LogP contribution in [0, 0.1) is 0 Å². The molecule has 0 saturated carbocycles. The Balaban J connectivity index is 2.01. The highest BCUT2D eigenvalue weighted by Crippen LogP contribution is 2.21. The molecule has 0 aliphatic carbocycles. The van der Waals surface area contributed by atoms with Gasteiger partial charge in [-0.15, -0.1) is 11.3 Å². The van der Waals surface area contributed by atoms with Gasteiger partial charge in [-0.2, -0.15) is 0 Å². The van der Waals surface area contributed by atoms with Crippen molar-refractivity contribution in [3.05, 3.63) is 11.1 Å². The van der Waals surface area contributed by atoms with E-state index in [-0.39, 0.29) is 17.5 Å². The quantitative estimate of drug-likeness (QED) is 0.791. The molecule has 2 rings (SSSR count). The van der Waals surface area contributed by atoms with E-state index in [9.17, 15) is 18.0 Å². The van der Waals surface area contributed by atoms with Crippen molar-refractivity contribution >= 4 is 38.4 Å². The monoisotopic (exact) mass is 333 g/mol. The van der Waals surface area contributed by atoms with Crippen LogP contribution in [0.1, 0.15) is 18.5 Å². The molecule has 1 aliphatic rings. The summed E-state index contributed by atoms with van der Waals surface area (Å²) in [5.41, 5.74) is 0.423. The Bertz CT molecular complexity index is 655. The number of thiazole rings is 1. The van der Waals surface area contributed by atoms with E-state index >= 15 is 0 Å². The number of sulfonamides is 1. The van der Waals surface area contributed by atoms with Gasteiger partial charge in [-0.3, -0.25) is 9.52 Å².